The van der Waals surface area contributed by atoms with Crippen molar-refractivity contribution in [1.29, 1.82) is 0 Å². The Morgan fingerprint density at radius 1 is 1.24 bits per heavy atom. The van der Waals surface area contributed by atoms with E-state index in [-0.39, 0.29) is 28.4 Å². The van der Waals surface area contributed by atoms with Crippen LogP contribution in [0.2, 0.25) is 0 Å². The van der Waals surface area contributed by atoms with Gasteiger partial charge in [-0.3, -0.25) is 4.79 Å². The third-order valence-electron chi connectivity index (χ3n) is 2.64. The van der Waals surface area contributed by atoms with E-state index in [1.54, 1.807) is 6.07 Å². The molecule has 0 aromatic heterocycles. The molecule has 0 aliphatic rings. The average Bonchev–Trinajstić information content (AvgIpc) is 2.43. The topological polar surface area (TPSA) is 84.6 Å². The van der Waals surface area contributed by atoms with Crippen LogP contribution in [0.5, 0.6) is 11.5 Å². The zero-order valence-electron chi connectivity index (χ0n) is 10.7. The molecule has 0 aliphatic heterocycles. The SMILES string of the molecule is Nc1ccc(C(=O)Nc2ccccc2OC(F)F)cc1O. The number of nitrogen functional groups attached to an aromatic ring is 1. The molecule has 0 heterocycles. The van der Waals surface area contributed by atoms with Crippen LogP contribution in [0.3, 0.4) is 0 Å². The summed E-state index contributed by atoms with van der Waals surface area (Å²) < 4.78 is 28.9. The van der Waals surface area contributed by atoms with Crippen molar-refractivity contribution in [3.8, 4) is 11.5 Å². The number of para-hydroxylation sites is 2. The number of anilines is 2. The Hall–Kier alpha value is -2.83. The van der Waals surface area contributed by atoms with Gasteiger partial charge in [0.25, 0.3) is 5.91 Å². The number of hydrogen-bond acceptors (Lipinski definition) is 4. The number of ether oxygens (including phenoxy) is 1. The van der Waals surface area contributed by atoms with Gasteiger partial charge in [-0.15, -0.1) is 0 Å². The van der Waals surface area contributed by atoms with Gasteiger partial charge in [-0.05, 0) is 30.3 Å². The Bertz CT molecular complexity index is 662. The smallest absolute Gasteiger partial charge is 0.387 e. The average molecular weight is 294 g/mol. The zero-order valence-corrected chi connectivity index (χ0v) is 10.7. The lowest BCUT2D eigenvalue weighted by molar-refractivity contribution is -0.0493. The minimum absolute atomic E-state index is 0.0964. The second-order valence-electron chi connectivity index (χ2n) is 4.10. The lowest BCUT2D eigenvalue weighted by Gasteiger charge is -2.12. The van der Waals surface area contributed by atoms with Gasteiger partial charge in [0.2, 0.25) is 0 Å². The molecule has 2 aromatic carbocycles. The molecule has 0 fully saturated rings. The normalized spacial score (nSPS) is 10.4. The molecule has 110 valence electrons. The van der Waals surface area contributed by atoms with Crippen molar-refractivity contribution < 1.29 is 23.4 Å². The molecule has 0 aliphatic carbocycles. The number of phenolic OH excluding ortho intramolecular Hbond substituents is 1. The van der Waals surface area contributed by atoms with E-state index in [0.29, 0.717) is 0 Å². The highest BCUT2D eigenvalue weighted by Crippen LogP contribution is 2.27. The quantitative estimate of drug-likeness (QED) is 0.598. The van der Waals surface area contributed by atoms with Crippen molar-refractivity contribution in [3.63, 3.8) is 0 Å². The van der Waals surface area contributed by atoms with Crippen molar-refractivity contribution in [2.75, 3.05) is 11.1 Å². The number of carbonyl (C=O) groups excluding carboxylic acids is 1. The summed E-state index contributed by atoms with van der Waals surface area (Å²) in [5.74, 6) is -0.976. The fourth-order valence-electron chi connectivity index (χ4n) is 1.65. The molecule has 0 saturated carbocycles. The molecule has 4 N–H and O–H groups in total. The van der Waals surface area contributed by atoms with Crippen molar-refractivity contribution >= 4 is 17.3 Å². The predicted molar refractivity (Wildman–Crippen MR) is 73.5 cm³/mol. The first-order valence-corrected chi connectivity index (χ1v) is 5.91. The molecule has 0 unspecified atom stereocenters. The Morgan fingerprint density at radius 3 is 2.62 bits per heavy atom. The van der Waals surface area contributed by atoms with E-state index in [0.717, 1.165) is 0 Å². The summed E-state index contributed by atoms with van der Waals surface area (Å²) in [5.41, 5.74) is 5.80. The Kier molecular flexibility index (Phi) is 4.22. The van der Waals surface area contributed by atoms with Gasteiger partial charge in [-0.1, -0.05) is 12.1 Å². The number of carbonyl (C=O) groups is 1. The number of amides is 1. The van der Waals surface area contributed by atoms with Crippen LogP contribution in [0.4, 0.5) is 20.2 Å². The number of rotatable bonds is 4. The van der Waals surface area contributed by atoms with Crippen LogP contribution in [0.25, 0.3) is 0 Å². The fourth-order valence-corrected chi connectivity index (χ4v) is 1.65. The minimum atomic E-state index is -3.00. The maximum atomic E-state index is 12.3. The van der Waals surface area contributed by atoms with E-state index >= 15 is 0 Å². The van der Waals surface area contributed by atoms with E-state index in [2.05, 4.69) is 10.1 Å². The standard InChI is InChI=1S/C14H12F2N2O3/c15-14(16)21-12-4-2-1-3-10(12)18-13(20)8-5-6-9(17)11(19)7-8/h1-7,14,19H,17H2,(H,18,20). The maximum absolute atomic E-state index is 12.3. The number of halogens is 2. The molecule has 0 bridgehead atoms. The molecule has 0 atom stereocenters. The summed E-state index contributed by atoms with van der Waals surface area (Å²) in [5, 5.41) is 11.9. The van der Waals surface area contributed by atoms with Crippen LogP contribution >= 0.6 is 0 Å². The van der Waals surface area contributed by atoms with E-state index in [4.69, 9.17) is 5.73 Å². The number of hydrogen-bond donors (Lipinski definition) is 3. The largest absolute Gasteiger partial charge is 0.506 e. The molecule has 0 saturated heterocycles. The summed E-state index contributed by atoms with van der Waals surface area (Å²) in [7, 11) is 0. The van der Waals surface area contributed by atoms with Crippen molar-refractivity contribution in [1.82, 2.24) is 0 Å². The first kappa shape index (κ1) is 14.6. The third-order valence-corrected chi connectivity index (χ3v) is 2.64. The van der Waals surface area contributed by atoms with Crippen LogP contribution in [0.15, 0.2) is 42.5 Å². The Balaban J connectivity index is 2.21. The fraction of sp³-hybridized carbons (Fsp3) is 0.0714. The van der Waals surface area contributed by atoms with Gasteiger partial charge < -0.3 is 20.9 Å². The van der Waals surface area contributed by atoms with E-state index in [1.165, 1.54) is 36.4 Å². The summed E-state index contributed by atoms with van der Waals surface area (Å²) in [6, 6.07) is 9.75. The molecule has 21 heavy (non-hydrogen) atoms. The first-order valence-electron chi connectivity index (χ1n) is 5.91. The van der Waals surface area contributed by atoms with Crippen molar-refractivity contribution in [3.05, 3.63) is 48.0 Å². The van der Waals surface area contributed by atoms with E-state index in [9.17, 15) is 18.7 Å². The van der Waals surface area contributed by atoms with Crippen molar-refractivity contribution in [2.24, 2.45) is 0 Å². The maximum Gasteiger partial charge on any atom is 0.387 e. The highest BCUT2D eigenvalue weighted by atomic mass is 19.3. The summed E-state index contributed by atoms with van der Waals surface area (Å²) in [6.45, 7) is -3.00. The Morgan fingerprint density at radius 2 is 1.95 bits per heavy atom. The molecule has 7 heteroatoms. The number of benzene rings is 2. The highest BCUT2D eigenvalue weighted by Gasteiger charge is 2.13. The molecule has 0 spiro atoms. The number of aromatic hydroxyl groups is 1. The van der Waals surface area contributed by atoms with Gasteiger partial charge in [-0.2, -0.15) is 8.78 Å². The monoisotopic (exact) mass is 294 g/mol. The number of nitrogens with one attached hydrogen (secondary N) is 1. The molecular weight excluding hydrogens is 282 g/mol. The Labute approximate surface area is 119 Å². The summed E-state index contributed by atoms with van der Waals surface area (Å²) in [4.78, 5) is 12.0. The lowest BCUT2D eigenvalue weighted by Crippen LogP contribution is -2.14. The molecule has 1 amide bonds. The van der Waals surface area contributed by atoms with Crippen LogP contribution < -0.4 is 15.8 Å². The second-order valence-corrected chi connectivity index (χ2v) is 4.10. The van der Waals surface area contributed by atoms with Crippen molar-refractivity contribution in [2.45, 2.75) is 6.61 Å². The highest BCUT2D eigenvalue weighted by molar-refractivity contribution is 6.05. The number of nitrogens with two attached hydrogens (primary N) is 1. The molecule has 2 rings (SSSR count). The van der Waals surface area contributed by atoms with E-state index in [1.807, 2.05) is 0 Å². The van der Waals surface area contributed by atoms with Crippen LogP contribution in [0.1, 0.15) is 10.4 Å². The van der Waals surface area contributed by atoms with E-state index < -0.39 is 12.5 Å². The summed E-state index contributed by atoms with van der Waals surface area (Å²) in [6.07, 6.45) is 0. The van der Waals surface area contributed by atoms with Crippen LogP contribution in [0, 0.1) is 0 Å². The molecule has 2 aromatic rings. The molecule has 5 nitrogen and oxygen atoms in total. The minimum Gasteiger partial charge on any atom is -0.506 e. The summed E-state index contributed by atoms with van der Waals surface area (Å²) >= 11 is 0. The second kappa shape index (κ2) is 6.08. The van der Waals surface area contributed by atoms with Gasteiger partial charge in [0, 0.05) is 5.56 Å². The van der Waals surface area contributed by atoms with Gasteiger partial charge in [0.1, 0.15) is 11.5 Å². The zero-order chi connectivity index (χ0) is 15.4. The molecule has 0 radical (unpaired) electrons. The number of phenols is 1. The lowest BCUT2D eigenvalue weighted by atomic mass is 10.1. The first-order chi connectivity index (χ1) is 9.97. The van der Waals surface area contributed by atoms with Gasteiger partial charge in [-0.25, -0.2) is 0 Å². The van der Waals surface area contributed by atoms with Crippen LogP contribution in [-0.4, -0.2) is 17.6 Å². The van der Waals surface area contributed by atoms with Gasteiger partial charge in [0.15, 0.2) is 0 Å². The third kappa shape index (κ3) is 3.59. The number of alkyl halides is 2. The van der Waals surface area contributed by atoms with Gasteiger partial charge >= 0.3 is 6.61 Å². The van der Waals surface area contributed by atoms with Crippen LogP contribution in [-0.2, 0) is 0 Å². The van der Waals surface area contributed by atoms with Gasteiger partial charge in [0.05, 0.1) is 11.4 Å². The predicted octanol–water partition coefficient (Wildman–Crippen LogP) is 2.83. The molecular formula is C14H12F2N2O3.